The Morgan fingerprint density at radius 3 is 2.61 bits per heavy atom. The molecular formula is C18H25FN4. The van der Waals surface area contributed by atoms with Crippen molar-refractivity contribution < 1.29 is 4.39 Å². The van der Waals surface area contributed by atoms with Crippen LogP contribution >= 0.6 is 0 Å². The third-order valence-electron chi connectivity index (χ3n) is 4.57. The fourth-order valence-corrected chi connectivity index (χ4v) is 3.19. The van der Waals surface area contributed by atoms with Gasteiger partial charge in [0, 0.05) is 12.7 Å². The molecule has 4 nitrogen and oxygen atoms in total. The number of nitrogens with one attached hydrogen (secondary N) is 1. The highest BCUT2D eigenvalue weighted by molar-refractivity contribution is 5.32. The molecule has 0 saturated carbocycles. The molecule has 1 aromatic carbocycles. The molecule has 0 aliphatic carbocycles. The van der Waals surface area contributed by atoms with Gasteiger partial charge in [0.25, 0.3) is 0 Å². The molecule has 2 aromatic rings. The molecule has 0 radical (unpaired) electrons. The van der Waals surface area contributed by atoms with Crippen LogP contribution in [-0.4, -0.2) is 40.9 Å². The van der Waals surface area contributed by atoms with E-state index in [4.69, 9.17) is 0 Å². The van der Waals surface area contributed by atoms with Gasteiger partial charge in [-0.05, 0) is 75.3 Å². The predicted octanol–water partition coefficient (Wildman–Crippen LogP) is 2.83. The highest BCUT2D eigenvalue weighted by atomic mass is 19.1. The molecule has 124 valence electrons. The van der Waals surface area contributed by atoms with Crippen molar-refractivity contribution in [2.24, 2.45) is 5.92 Å². The van der Waals surface area contributed by atoms with Crippen LogP contribution in [0.2, 0.25) is 0 Å². The van der Waals surface area contributed by atoms with E-state index in [0.29, 0.717) is 0 Å². The molecule has 0 atom stereocenters. The summed E-state index contributed by atoms with van der Waals surface area (Å²) in [6, 6.07) is 8.55. The topological polar surface area (TPSA) is 33.1 Å². The lowest BCUT2D eigenvalue weighted by Crippen LogP contribution is -2.37. The minimum absolute atomic E-state index is 0.217. The van der Waals surface area contributed by atoms with Crippen molar-refractivity contribution in [2.75, 3.05) is 26.2 Å². The first-order valence-corrected chi connectivity index (χ1v) is 8.48. The normalized spacial score (nSPS) is 16.8. The summed E-state index contributed by atoms with van der Waals surface area (Å²) in [7, 11) is 0. The van der Waals surface area contributed by atoms with Crippen molar-refractivity contribution in [1.29, 1.82) is 0 Å². The maximum atomic E-state index is 13.1. The fourth-order valence-electron chi connectivity index (χ4n) is 3.19. The van der Waals surface area contributed by atoms with Gasteiger partial charge in [0.15, 0.2) is 0 Å². The Labute approximate surface area is 137 Å². The average Bonchev–Trinajstić information content (AvgIpc) is 3.03. The minimum atomic E-state index is -0.217. The number of halogens is 1. The molecular weight excluding hydrogens is 291 g/mol. The number of nitrogens with zero attached hydrogens (tertiary/aromatic N) is 3. The molecule has 1 saturated heterocycles. The third-order valence-corrected chi connectivity index (χ3v) is 4.57. The number of benzene rings is 1. The first kappa shape index (κ1) is 16.1. The number of aromatic nitrogens is 2. The minimum Gasteiger partial charge on any atom is -0.317 e. The van der Waals surface area contributed by atoms with Gasteiger partial charge >= 0.3 is 0 Å². The molecule has 23 heavy (non-hydrogen) atoms. The molecule has 1 aromatic heterocycles. The summed E-state index contributed by atoms with van der Waals surface area (Å²) < 4.78 is 15.0. The molecule has 0 bridgehead atoms. The largest absolute Gasteiger partial charge is 0.317 e. The molecule has 1 aliphatic rings. The molecule has 0 amide bonds. The van der Waals surface area contributed by atoms with Crippen LogP contribution in [0, 0.1) is 11.7 Å². The Hall–Kier alpha value is -1.72. The van der Waals surface area contributed by atoms with E-state index in [1.807, 2.05) is 16.9 Å². The molecule has 2 heterocycles. The van der Waals surface area contributed by atoms with Crippen molar-refractivity contribution >= 4 is 0 Å². The van der Waals surface area contributed by atoms with Crippen LogP contribution < -0.4 is 5.32 Å². The Morgan fingerprint density at radius 2 is 1.91 bits per heavy atom. The van der Waals surface area contributed by atoms with E-state index >= 15 is 0 Å². The monoisotopic (exact) mass is 316 g/mol. The second-order valence-electron chi connectivity index (χ2n) is 6.24. The maximum absolute atomic E-state index is 13.1. The first-order valence-electron chi connectivity index (χ1n) is 8.48. The Bertz CT molecular complexity index is 600. The SMILES string of the molecule is CCNCC1CCN(Cc2ccnn2-c2ccc(F)cc2)CC1. The van der Waals surface area contributed by atoms with E-state index in [2.05, 4.69) is 22.2 Å². The van der Waals surface area contributed by atoms with Crippen LogP contribution in [0.25, 0.3) is 5.69 Å². The number of hydrogen-bond donors (Lipinski definition) is 1. The zero-order valence-electron chi connectivity index (χ0n) is 13.7. The summed E-state index contributed by atoms with van der Waals surface area (Å²) in [6.07, 6.45) is 4.31. The molecule has 3 rings (SSSR count). The second kappa shape index (κ2) is 7.70. The predicted molar refractivity (Wildman–Crippen MR) is 90.1 cm³/mol. The lowest BCUT2D eigenvalue weighted by Gasteiger charge is -2.32. The Kier molecular flexibility index (Phi) is 5.41. The van der Waals surface area contributed by atoms with Crippen LogP contribution in [0.5, 0.6) is 0 Å². The van der Waals surface area contributed by atoms with Gasteiger partial charge in [-0.25, -0.2) is 9.07 Å². The van der Waals surface area contributed by atoms with Crippen LogP contribution in [0.3, 0.4) is 0 Å². The Balaban J connectivity index is 1.60. The highest BCUT2D eigenvalue weighted by Crippen LogP contribution is 2.19. The zero-order chi connectivity index (χ0) is 16.1. The van der Waals surface area contributed by atoms with Gasteiger partial charge in [-0.1, -0.05) is 6.92 Å². The highest BCUT2D eigenvalue weighted by Gasteiger charge is 2.20. The summed E-state index contributed by atoms with van der Waals surface area (Å²) >= 11 is 0. The summed E-state index contributed by atoms with van der Waals surface area (Å²) in [5, 5.41) is 7.84. The van der Waals surface area contributed by atoms with Crippen LogP contribution in [0.1, 0.15) is 25.5 Å². The lowest BCUT2D eigenvalue weighted by atomic mass is 9.96. The van der Waals surface area contributed by atoms with Gasteiger partial charge in [0.1, 0.15) is 5.82 Å². The van der Waals surface area contributed by atoms with E-state index in [-0.39, 0.29) is 5.82 Å². The van der Waals surface area contributed by atoms with Crippen molar-refractivity contribution in [2.45, 2.75) is 26.3 Å². The summed E-state index contributed by atoms with van der Waals surface area (Å²) in [6.45, 7) is 7.50. The lowest BCUT2D eigenvalue weighted by molar-refractivity contribution is 0.173. The van der Waals surface area contributed by atoms with Crippen molar-refractivity contribution in [3.63, 3.8) is 0 Å². The van der Waals surface area contributed by atoms with Gasteiger partial charge < -0.3 is 5.32 Å². The zero-order valence-corrected chi connectivity index (χ0v) is 13.7. The van der Waals surface area contributed by atoms with Gasteiger partial charge in [-0.15, -0.1) is 0 Å². The standard InChI is InChI=1S/C18H25FN4/c1-2-20-13-15-8-11-22(12-9-15)14-18-7-10-21-23(18)17-5-3-16(19)4-6-17/h3-7,10,15,20H,2,8-9,11-14H2,1H3. The smallest absolute Gasteiger partial charge is 0.123 e. The van der Waals surface area contributed by atoms with Gasteiger partial charge in [-0.3, -0.25) is 4.90 Å². The van der Waals surface area contributed by atoms with E-state index in [0.717, 1.165) is 50.0 Å². The van der Waals surface area contributed by atoms with E-state index in [9.17, 15) is 4.39 Å². The van der Waals surface area contributed by atoms with Crippen molar-refractivity contribution in [1.82, 2.24) is 20.0 Å². The van der Waals surface area contributed by atoms with Crippen LogP contribution in [0.15, 0.2) is 36.5 Å². The van der Waals surface area contributed by atoms with E-state index in [1.165, 1.54) is 25.0 Å². The summed E-state index contributed by atoms with van der Waals surface area (Å²) in [5.74, 6) is 0.582. The number of rotatable bonds is 6. The van der Waals surface area contributed by atoms with E-state index in [1.54, 1.807) is 12.1 Å². The molecule has 0 unspecified atom stereocenters. The second-order valence-corrected chi connectivity index (χ2v) is 6.24. The van der Waals surface area contributed by atoms with Gasteiger partial charge in [0.05, 0.1) is 11.4 Å². The quantitative estimate of drug-likeness (QED) is 0.889. The summed E-state index contributed by atoms with van der Waals surface area (Å²) in [4.78, 5) is 2.49. The fraction of sp³-hybridized carbons (Fsp3) is 0.500. The van der Waals surface area contributed by atoms with Crippen LogP contribution in [0.4, 0.5) is 4.39 Å². The molecule has 1 fully saturated rings. The van der Waals surface area contributed by atoms with Crippen molar-refractivity contribution in [3.8, 4) is 5.69 Å². The van der Waals surface area contributed by atoms with Gasteiger partial charge in [0.2, 0.25) is 0 Å². The summed E-state index contributed by atoms with van der Waals surface area (Å²) in [5.41, 5.74) is 2.06. The maximum Gasteiger partial charge on any atom is 0.123 e. The molecule has 5 heteroatoms. The molecule has 1 N–H and O–H groups in total. The Morgan fingerprint density at radius 1 is 1.17 bits per heavy atom. The first-order chi connectivity index (χ1) is 11.3. The third kappa shape index (κ3) is 4.18. The van der Waals surface area contributed by atoms with Crippen LogP contribution in [-0.2, 0) is 6.54 Å². The molecule has 1 aliphatic heterocycles. The van der Waals surface area contributed by atoms with Gasteiger partial charge in [-0.2, -0.15) is 5.10 Å². The number of piperidine rings is 1. The average molecular weight is 316 g/mol. The molecule has 0 spiro atoms. The van der Waals surface area contributed by atoms with Crippen molar-refractivity contribution in [3.05, 3.63) is 48.0 Å². The number of likely N-dealkylation sites (tertiary alicyclic amines) is 1. The van der Waals surface area contributed by atoms with E-state index < -0.39 is 0 Å². The number of hydrogen-bond acceptors (Lipinski definition) is 3.